The zero-order valence-electron chi connectivity index (χ0n) is 11.6. The van der Waals surface area contributed by atoms with Crippen LogP contribution < -0.4 is 5.73 Å². The van der Waals surface area contributed by atoms with Crippen LogP contribution in [0.2, 0.25) is 0 Å². The molecule has 2 atom stereocenters. The monoisotopic (exact) mass is 281 g/mol. The molecule has 2 saturated heterocycles. The molecule has 2 fully saturated rings. The van der Waals surface area contributed by atoms with Crippen molar-refractivity contribution in [2.24, 2.45) is 11.7 Å². The Hall–Kier alpha value is -0.450. The average Bonchev–Trinajstić information content (AvgIpc) is 2.85. The van der Waals surface area contributed by atoms with Crippen molar-refractivity contribution in [3.8, 4) is 0 Å². The second-order valence-corrected chi connectivity index (χ2v) is 7.10. The van der Waals surface area contributed by atoms with Crippen molar-refractivity contribution in [3.05, 3.63) is 23.7 Å². The van der Waals surface area contributed by atoms with Gasteiger partial charge in [-0.05, 0) is 62.2 Å². The molecule has 0 saturated carbocycles. The molecule has 19 heavy (non-hydrogen) atoms. The van der Waals surface area contributed by atoms with Crippen molar-refractivity contribution < 1.29 is 9.15 Å². The Balaban J connectivity index is 1.70. The van der Waals surface area contributed by atoms with Crippen LogP contribution in [0.25, 0.3) is 0 Å². The highest BCUT2D eigenvalue weighted by molar-refractivity contribution is 7.99. The Labute approximate surface area is 119 Å². The molecule has 1 aromatic rings. The summed E-state index contributed by atoms with van der Waals surface area (Å²) < 4.78 is 11.8. The minimum Gasteiger partial charge on any atom is -0.465 e. The first kappa shape index (κ1) is 13.5. The molecular weight excluding hydrogens is 258 g/mol. The van der Waals surface area contributed by atoms with Crippen molar-refractivity contribution in [1.82, 2.24) is 0 Å². The summed E-state index contributed by atoms with van der Waals surface area (Å²) >= 11 is 2.04. The van der Waals surface area contributed by atoms with E-state index in [0.29, 0.717) is 5.92 Å². The van der Waals surface area contributed by atoms with Gasteiger partial charge in [-0.3, -0.25) is 0 Å². The SMILES string of the molecule is Cc1ccc(C(N)C2CCOC3(CCSCC3)C2)o1. The number of rotatable bonds is 2. The second kappa shape index (κ2) is 5.51. The van der Waals surface area contributed by atoms with Gasteiger partial charge in [0.1, 0.15) is 11.5 Å². The van der Waals surface area contributed by atoms with E-state index >= 15 is 0 Å². The first-order chi connectivity index (χ1) is 9.19. The summed E-state index contributed by atoms with van der Waals surface area (Å²) in [5.74, 6) is 4.82. The standard InChI is InChI=1S/C15H23NO2S/c1-11-2-3-13(18-11)14(16)12-4-7-17-15(10-12)5-8-19-9-6-15/h2-3,12,14H,4-10,16H2,1H3. The van der Waals surface area contributed by atoms with Gasteiger partial charge in [-0.25, -0.2) is 0 Å². The molecule has 3 rings (SSSR count). The average molecular weight is 281 g/mol. The topological polar surface area (TPSA) is 48.4 Å². The van der Waals surface area contributed by atoms with Crippen LogP contribution in [0.1, 0.15) is 43.2 Å². The number of nitrogens with two attached hydrogens (primary N) is 1. The Bertz CT molecular complexity index is 420. The summed E-state index contributed by atoms with van der Waals surface area (Å²) in [7, 11) is 0. The third-order valence-electron chi connectivity index (χ3n) is 4.53. The fourth-order valence-corrected chi connectivity index (χ4v) is 4.57. The van der Waals surface area contributed by atoms with Gasteiger partial charge in [0.2, 0.25) is 0 Å². The molecule has 2 unspecified atom stereocenters. The van der Waals surface area contributed by atoms with Gasteiger partial charge in [-0.2, -0.15) is 11.8 Å². The molecule has 0 amide bonds. The maximum atomic E-state index is 6.42. The first-order valence-corrected chi connectivity index (χ1v) is 8.38. The fourth-order valence-electron chi connectivity index (χ4n) is 3.33. The van der Waals surface area contributed by atoms with Crippen LogP contribution in [-0.4, -0.2) is 23.7 Å². The highest BCUT2D eigenvalue weighted by atomic mass is 32.2. The van der Waals surface area contributed by atoms with E-state index in [1.807, 2.05) is 30.8 Å². The van der Waals surface area contributed by atoms with Gasteiger partial charge in [-0.15, -0.1) is 0 Å². The number of furan rings is 1. The van der Waals surface area contributed by atoms with E-state index in [0.717, 1.165) is 31.0 Å². The van der Waals surface area contributed by atoms with Crippen LogP contribution in [0.15, 0.2) is 16.5 Å². The summed E-state index contributed by atoms with van der Waals surface area (Å²) in [6, 6.07) is 4.05. The van der Waals surface area contributed by atoms with E-state index in [9.17, 15) is 0 Å². The first-order valence-electron chi connectivity index (χ1n) is 7.22. The lowest BCUT2D eigenvalue weighted by Crippen LogP contribution is -2.45. The Morgan fingerprint density at radius 2 is 2.16 bits per heavy atom. The zero-order valence-corrected chi connectivity index (χ0v) is 12.4. The van der Waals surface area contributed by atoms with Crippen LogP contribution in [0.4, 0.5) is 0 Å². The van der Waals surface area contributed by atoms with E-state index in [1.54, 1.807) is 0 Å². The van der Waals surface area contributed by atoms with Crippen LogP contribution in [0, 0.1) is 12.8 Å². The summed E-state index contributed by atoms with van der Waals surface area (Å²) in [4.78, 5) is 0. The molecule has 0 radical (unpaired) electrons. The van der Waals surface area contributed by atoms with Crippen molar-refractivity contribution in [2.75, 3.05) is 18.1 Å². The van der Waals surface area contributed by atoms with Crippen LogP contribution in [-0.2, 0) is 4.74 Å². The molecule has 106 valence electrons. The second-order valence-electron chi connectivity index (χ2n) is 5.87. The van der Waals surface area contributed by atoms with Gasteiger partial charge in [0.15, 0.2) is 0 Å². The van der Waals surface area contributed by atoms with E-state index in [4.69, 9.17) is 14.9 Å². The maximum Gasteiger partial charge on any atom is 0.121 e. The lowest BCUT2D eigenvalue weighted by atomic mass is 9.78. The van der Waals surface area contributed by atoms with E-state index in [2.05, 4.69) is 0 Å². The van der Waals surface area contributed by atoms with Gasteiger partial charge in [-0.1, -0.05) is 0 Å². The van der Waals surface area contributed by atoms with Crippen molar-refractivity contribution >= 4 is 11.8 Å². The van der Waals surface area contributed by atoms with E-state index < -0.39 is 0 Å². The molecule has 1 spiro atoms. The van der Waals surface area contributed by atoms with Crippen molar-refractivity contribution in [1.29, 1.82) is 0 Å². The highest BCUT2D eigenvalue weighted by Crippen LogP contribution is 2.43. The minimum atomic E-state index is 0.0176. The smallest absolute Gasteiger partial charge is 0.121 e. The number of hydrogen-bond acceptors (Lipinski definition) is 4. The Kier molecular flexibility index (Phi) is 3.92. The predicted octanol–water partition coefficient (Wildman–Crippen LogP) is 3.28. The van der Waals surface area contributed by atoms with Gasteiger partial charge in [0.25, 0.3) is 0 Å². The summed E-state index contributed by atoms with van der Waals surface area (Å²) in [6.07, 6.45) is 4.50. The van der Waals surface area contributed by atoms with E-state index in [-0.39, 0.29) is 11.6 Å². The number of aryl methyl sites for hydroxylation is 1. The lowest BCUT2D eigenvalue weighted by Gasteiger charge is -2.44. The van der Waals surface area contributed by atoms with Crippen LogP contribution in [0.5, 0.6) is 0 Å². The minimum absolute atomic E-state index is 0.0176. The van der Waals surface area contributed by atoms with Crippen molar-refractivity contribution in [2.45, 2.75) is 44.2 Å². The molecule has 2 aliphatic rings. The zero-order chi connectivity index (χ0) is 13.3. The quantitative estimate of drug-likeness (QED) is 0.903. The van der Waals surface area contributed by atoms with Crippen molar-refractivity contribution in [3.63, 3.8) is 0 Å². The molecule has 0 aliphatic carbocycles. The molecule has 0 aromatic carbocycles. The van der Waals surface area contributed by atoms with Crippen LogP contribution in [0.3, 0.4) is 0 Å². The molecule has 0 bridgehead atoms. The number of thioether (sulfide) groups is 1. The fraction of sp³-hybridized carbons (Fsp3) is 0.733. The summed E-state index contributed by atoms with van der Waals surface area (Å²) in [5.41, 5.74) is 6.52. The summed E-state index contributed by atoms with van der Waals surface area (Å²) in [5, 5.41) is 0. The molecule has 3 heterocycles. The molecule has 3 nitrogen and oxygen atoms in total. The van der Waals surface area contributed by atoms with Gasteiger partial charge < -0.3 is 14.9 Å². The van der Waals surface area contributed by atoms with E-state index in [1.165, 1.54) is 24.3 Å². The number of hydrogen-bond donors (Lipinski definition) is 1. The molecule has 2 N–H and O–H groups in total. The number of ether oxygens (including phenoxy) is 1. The van der Waals surface area contributed by atoms with Gasteiger partial charge in [0.05, 0.1) is 11.6 Å². The highest BCUT2D eigenvalue weighted by Gasteiger charge is 2.41. The largest absolute Gasteiger partial charge is 0.465 e. The lowest BCUT2D eigenvalue weighted by molar-refractivity contribution is -0.106. The Morgan fingerprint density at radius 3 is 2.84 bits per heavy atom. The molecule has 1 aromatic heterocycles. The summed E-state index contributed by atoms with van der Waals surface area (Å²) in [6.45, 7) is 2.82. The normalized spacial score (nSPS) is 28.4. The third-order valence-corrected chi connectivity index (χ3v) is 5.52. The van der Waals surface area contributed by atoms with Gasteiger partial charge >= 0.3 is 0 Å². The van der Waals surface area contributed by atoms with Crippen LogP contribution >= 0.6 is 11.8 Å². The Morgan fingerprint density at radius 1 is 1.37 bits per heavy atom. The molecule has 4 heteroatoms. The molecule has 2 aliphatic heterocycles. The maximum absolute atomic E-state index is 6.42. The predicted molar refractivity (Wildman–Crippen MR) is 78.3 cm³/mol. The molecular formula is C15H23NO2S. The van der Waals surface area contributed by atoms with Gasteiger partial charge in [0, 0.05) is 6.61 Å². The third kappa shape index (κ3) is 2.86.